The van der Waals surface area contributed by atoms with Gasteiger partial charge in [0.05, 0.1) is 17.9 Å². The number of likely N-dealkylation sites (N-methyl/N-ethyl adjacent to an activating group) is 1. The van der Waals surface area contributed by atoms with Crippen molar-refractivity contribution in [2.45, 2.75) is 31.8 Å². The van der Waals surface area contributed by atoms with Gasteiger partial charge in [0.2, 0.25) is 5.91 Å². The van der Waals surface area contributed by atoms with E-state index in [1.54, 1.807) is 10.3 Å². The zero-order chi connectivity index (χ0) is 28.5. The average Bonchev–Trinajstić information content (AvgIpc) is 3.38. The number of rotatable bonds is 6. The van der Waals surface area contributed by atoms with Gasteiger partial charge in [0.25, 0.3) is 11.8 Å². The van der Waals surface area contributed by atoms with E-state index in [9.17, 15) is 31.9 Å². The van der Waals surface area contributed by atoms with Crippen molar-refractivity contribution in [1.29, 1.82) is 0 Å². The van der Waals surface area contributed by atoms with Crippen LogP contribution in [0.5, 0.6) is 5.75 Å². The normalized spacial score (nSPS) is 15.9. The molecular formula is C25H23F4N5O4S. The lowest BCUT2D eigenvalue weighted by atomic mass is 10.0. The predicted molar refractivity (Wildman–Crippen MR) is 136 cm³/mol. The Morgan fingerprint density at radius 3 is 2.41 bits per heavy atom. The van der Waals surface area contributed by atoms with Crippen LogP contribution >= 0.6 is 11.3 Å². The number of amides is 3. The van der Waals surface area contributed by atoms with Crippen molar-refractivity contribution in [2.75, 3.05) is 23.4 Å². The van der Waals surface area contributed by atoms with Crippen LogP contribution in [0.15, 0.2) is 54.0 Å². The minimum absolute atomic E-state index is 0.149. The van der Waals surface area contributed by atoms with Crippen molar-refractivity contribution in [2.24, 2.45) is 0 Å². The van der Waals surface area contributed by atoms with Gasteiger partial charge in [-0.25, -0.2) is 9.37 Å². The van der Waals surface area contributed by atoms with Crippen LogP contribution in [0.3, 0.4) is 0 Å². The molecule has 4 rings (SSSR count). The molecule has 39 heavy (non-hydrogen) atoms. The first-order valence-electron chi connectivity index (χ1n) is 11.5. The topological polar surface area (TPSA) is 104 Å². The quantitative estimate of drug-likeness (QED) is 0.439. The summed E-state index contributed by atoms with van der Waals surface area (Å²) in [5.41, 5.74) is -0.529. The third-order valence-corrected chi connectivity index (χ3v) is 6.66. The maximum atomic E-state index is 14.2. The van der Waals surface area contributed by atoms with E-state index in [0.717, 1.165) is 29.5 Å². The van der Waals surface area contributed by atoms with Gasteiger partial charge in [0, 0.05) is 24.3 Å². The molecule has 2 N–H and O–H groups in total. The number of carbonyl (C=O) groups is 3. The maximum Gasteiger partial charge on any atom is 0.573 e. The van der Waals surface area contributed by atoms with Crippen molar-refractivity contribution in [3.8, 4) is 5.75 Å². The molecule has 3 aromatic rings. The maximum absolute atomic E-state index is 14.2. The minimum Gasteiger partial charge on any atom is -0.406 e. The monoisotopic (exact) mass is 565 g/mol. The van der Waals surface area contributed by atoms with Crippen LogP contribution in [0.1, 0.15) is 23.6 Å². The Balaban J connectivity index is 1.63. The van der Waals surface area contributed by atoms with E-state index in [4.69, 9.17) is 0 Å². The number of hydrogen-bond acceptors (Lipinski definition) is 7. The molecule has 206 valence electrons. The van der Waals surface area contributed by atoms with Gasteiger partial charge in [0.15, 0.2) is 5.01 Å². The largest absolute Gasteiger partial charge is 0.573 e. The van der Waals surface area contributed by atoms with Crippen LogP contribution in [-0.2, 0) is 9.59 Å². The molecule has 0 spiro atoms. The molecule has 0 unspecified atom stereocenters. The van der Waals surface area contributed by atoms with E-state index in [-0.39, 0.29) is 17.2 Å². The SMILES string of the molecule is CN1C(=O)[C@H](NC(=O)C(C)(C)NC(=O)c2nccs2)CN(c2ccc(OC(F)(F)F)cc2)c2ccc(F)cc21. The molecule has 2 heterocycles. The second kappa shape index (κ2) is 10.5. The van der Waals surface area contributed by atoms with Gasteiger partial charge in [0.1, 0.15) is 23.1 Å². The molecule has 9 nitrogen and oxygen atoms in total. The summed E-state index contributed by atoms with van der Waals surface area (Å²) < 4.78 is 56.0. The fourth-order valence-corrected chi connectivity index (χ4v) is 4.48. The Morgan fingerprint density at radius 1 is 1.10 bits per heavy atom. The third kappa shape index (κ3) is 6.28. The van der Waals surface area contributed by atoms with Crippen LogP contribution in [0.2, 0.25) is 0 Å². The summed E-state index contributed by atoms with van der Waals surface area (Å²) >= 11 is 1.09. The molecule has 0 radical (unpaired) electrons. The highest BCUT2D eigenvalue weighted by molar-refractivity contribution is 7.11. The molecular weight excluding hydrogens is 542 g/mol. The number of fused-ring (bicyclic) bond motifs is 1. The molecule has 0 aliphatic carbocycles. The summed E-state index contributed by atoms with van der Waals surface area (Å²) in [6.07, 6.45) is -3.43. The highest BCUT2D eigenvalue weighted by Crippen LogP contribution is 2.38. The number of alkyl halides is 3. The van der Waals surface area contributed by atoms with Crippen LogP contribution in [0.25, 0.3) is 0 Å². The summed E-state index contributed by atoms with van der Waals surface area (Å²) in [7, 11) is 1.42. The standard InChI is InChI=1S/C25H23F4N5O4S/c1-24(2,32-20(35)21-30-10-11-39-21)23(37)31-17-13-34(15-5-7-16(8-6-15)38-25(27,28)29)18-9-4-14(26)12-19(18)33(3)22(17)36/h4-12,17H,13H2,1-3H3,(H,31,37)(H,32,35)/t17-/m1/s1. The van der Waals surface area contributed by atoms with E-state index in [1.165, 1.54) is 56.3 Å². The van der Waals surface area contributed by atoms with Crippen LogP contribution in [-0.4, -0.2) is 54.2 Å². The highest BCUT2D eigenvalue weighted by atomic mass is 32.1. The number of carbonyl (C=O) groups excluding carboxylic acids is 3. The van der Waals surface area contributed by atoms with Crippen molar-refractivity contribution in [1.82, 2.24) is 15.6 Å². The zero-order valence-corrected chi connectivity index (χ0v) is 21.7. The number of benzene rings is 2. The average molecular weight is 566 g/mol. The molecule has 0 fully saturated rings. The number of halogens is 4. The van der Waals surface area contributed by atoms with Gasteiger partial charge in [-0.1, -0.05) is 0 Å². The van der Waals surface area contributed by atoms with Crippen LogP contribution in [0.4, 0.5) is 34.6 Å². The molecule has 1 aliphatic rings. The van der Waals surface area contributed by atoms with Crippen LogP contribution < -0.4 is 25.2 Å². The number of nitrogens with one attached hydrogen (secondary N) is 2. The van der Waals surface area contributed by atoms with E-state index in [1.807, 2.05) is 0 Å². The van der Waals surface area contributed by atoms with Crippen molar-refractivity contribution < 1.29 is 36.7 Å². The van der Waals surface area contributed by atoms with Crippen molar-refractivity contribution >= 4 is 46.1 Å². The lowest BCUT2D eigenvalue weighted by Crippen LogP contribution is -2.60. The lowest BCUT2D eigenvalue weighted by molar-refractivity contribution is -0.274. The first-order chi connectivity index (χ1) is 18.2. The summed E-state index contributed by atoms with van der Waals surface area (Å²) in [6, 6.07) is 7.48. The van der Waals surface area contributed by atoms with Gasteiger partial charge >= 0.3 is 6.36 Å². The number of anilines is 3. The number of ether oxygens (including phenoxy) is 1. The predicted octanol–water partition coefficient (Wildman–Crippen LogP) is 3.99. The first kappa shape index (κ1) is 27.8. The lowest BCUT2D eigenvalue weighted by Gasteiger charge is -2.30. The fourth-order valence-electron chi connectivity index (χ4n) is 3.95. The second-order valence-electron chi connectivity index (χ2n) is 9.13. The first-order valence-corrected chi connectivity index (χ1v) is 12.4. The van der Waals surface area contributed by atoms with E-state index < -0.39 is 47.2 Å². The molecule has 1 aliphatic heterocycles. The van der Waals surface area contributed by atoms with E-state index in [2.05, 4.69) is 20.4 Å². The smallest absolute Gasteiger partial charge is 0.406 e. The highest BCUT2D eigenvalue weighted by Gasteiger charge is 2.38. The van der Waals surface area contributed by atoms with Gasteiger partial charge in [-0.05, 0) is 56.3 Å². The van der Waals surface area contributed by atoms with Crippen LogP contribution in [0, 0.1) is 5.82 Å². The Kier molecular flexibility index (Phi) is 7.50. The molecule has 1 atom stereocenters. The van der Waals surface area contributed by atoms with Gasteiger partial charge in [-0.3, -0.25) is 14.4 Å². The Morgan fingerprint density at radius 2 is 1.79 bits per heavy atom. The minimum atomic E-state index is -4.87. The van der Waals surface area contributed by atoms with Crippen molar-refractivity contribution in [3.05, 3.63) is 64.9 Å². The third-order valence-electron chi connectivity index (χ3n) is 5.89. The molecule has 0 bridgehead atoms. The second-order valence-corrected chi connectivity index (χ2v) is 10.0. The molecule has 1 aromatic heterocycles. The molecule has 2 aromatic carbocycles. The Labute approximate surface area is 224 Å². The molecule has 0 saturated carbocycles. The summed E-state index contributed by atoms with van der Waals surface area (Å²) in [6.45, 7) is 2.77. The number of nitrogens with zero attached hydrogens (tertiary/aromatic N) is 3. The molecule has 3 amide bonds. The molecule has 14 heteroatoms. The fraction of sp³-hybridized carbons (Fsp3) is 0.280. The number of thiazole rings is 1. The van der Waals surface area contributed by atoms with Gasteiger partial charge < -0.3 is 25.2 Å². The summed E-state index contributed by atoms with van der Waals surface area (Å²) in [5, 5.41) is 7.00. The number of hydrogen-bond donors (Lipinski definition) is 2. The summed E-state index contributed by atoms with van der Waals surface area (Å²) in [5.74, 6) is -2.88. The zero-order valence-electron chi connectivity index (χ0n) is 20.9. The van der Waals surface area contributed by atoms with Gasteiger partial charge in [-0.2, -0.15) is 0 Å². The van der Waals surface area contributed by atoms with Crippen molar-refractivity contribution in [3.63, 3.8) is 0 Å². The molecule has 0 saturated heterocycles. The van der Waals surface area contributed by atoms with E-state index in [0.29, 0.717) is 11.4 Å². The Bertz CT molecular complexity index is 1380. The van der Waals surface area contributed by atoms with Gasteiger partial charge in [-0.15, -0.1) is 24.5 Å². The Hall–Kier alpha value is -4.20. The van der Waals surface area contributed by atoms with E-state index >= 15 is 0 Å². The number of aromatic nitrogens is 1. The summed E-state index contributed by atoms with van der Waals surface area (Å²) in [4.78, 5) is 45.8.